The van der Waals surface area contributed by atoms with Crippen molar-refractivity contribution in [1.29, 1.82) is 0 Å². The number of hydrogen-bond donors (Lipinski definition) is 1. The highest BCUT2D eigenvalue weighted by Gasteiger charge is 2.34. The standard InChI is InChI=1S/C26H34N2O4S/c1-2-32-22-15-17-23(18-16-22)33(30,31)28(21-11-4-3-5-12-21)19-26(29)27-25-14-8-10-20-9-6-7-13-24(20)25/h6-7,9,13,15-18,21,25H,2-5,8,10-12,14,19H2,1H3,(H,27,29). The Morgan fingerprint density at radius 2 is 1.73 bits per heavy atom. The van der Waals surface area contributed by atoms with Crippen LogP contribution in [0.2, 0.25) is 0 Å². The first-order valence-electron chi connectivity index (χ1n) is 12.1. The third-order valence-corrected chi connectivity index (χ3v) is 8.64. The van der Waals surface area contributed by atoms with Crippen LogP contribution in [0.4, 0.5) is 0 Å². The molecule has 33 heavy (non-hydrogen) atoms. The number of carbonyl (C=O) groups excluding carboxylic acids is 1. The van der Waals surface area contributed by atoms with Crippen LogP contribution < -0.4 is 10.1 Å². The van der Waals surface area contributed by atoms with Gasteiger partial charge in [-0.2, -0.15) is 4.31 Å². The summed E-state index contributed by atoms with van der Waals surface area (Å²) in [7, 11) is -3.81. The molecular formula is C26H34N2O4S. The molecule has 6 nitrogen and oxygen atoms in total. The van der Waals surface area contributed by atoms with Gasteiger partial charge >= 0.3 is 0 Å². The molecule has 7 heteroatoms. The monoisotopic (exact) mass is 470 g/mol. The van der Waals surface area contributed by atoms with Crippen LogP contribution in [-0.4, -0.2) is 37.8 Å². The lowest BCUT2D eigenvalue weighted by Gasteiger charge is -2.34. The molecule has 2 aliphatic carbocycles. The van der Waals surface area contributed by atoms with Gasteiger partial charge in [-0.15, -0.1) is 0 Å². The second-order valence-corrected chi connectivity index (χ2v) is 10.8. The molecule has 0 heterocycles. The van der Waals surface area contributed by atoms with Crippen LogP contribution in [0.5, 0.6) is 5.75 Å². The van der Waals surface area contributed by atoms with E-state index in [2.05, 4.69) is 17.4 Å². The fourth-order valence-corrected chi connectivity index (χ4v) is 6.72. The van der Waals surface area contributed by atoms with Crippen molar-refractivity contribution in [3.05, 3.63) is 59.7 Å². The van der Waals surface area contributed by atoms with Crippen molar-refractivity contribution >= 4 is 15.9 Å². The molecule has 2 aromatic carbocycles. The summed E-state index contributed by atoms with van der Waals surface area (Å²) >= 11 is 0. The van der Waals surface area contributed by atoms with Crippen molar-refractivity contribution in [1.82, 2.24) is 9.62 Å². The maximum absolute atomic E-state index is 13.6. The summed E-state index contributed by atoms with van der Waals surface area (Å²) in [6.45, 7) is 2.25. The molecule has 0 bridgehead atoms. The van der Waals surface area contributed by atoms with Crippen molar-refractivity contribution in [2.24, 2.45) is 0 Å². The quantitative estimate of drug-likeness (QED) is 0.612. The van der Waals surface area contributed by atoms with E-state index in [9.17, 15) is 13.2 Å². The highest BCUT2D eigenvalue weighted by molar-refractivity contribution is 7.89. The van der Waals surface area contributed by atoms with Gasteiger partial charge in [0.05, 0.1) is 24.1 Å². The highest BCUT2D eigenvalue weighted by Crippen LogP contribution is 2.31. The average Bonchev–Trinajstić information content (AvgIpc) is 2.84. The molecule has 1 N–H and O–H groups in total. The van der Waals surface area contributed by atoms with Crippen LogP contribution >= 0.6 is 0 Å². The van der Waals surface area contributed by atoms with E-state index >= 15 is 0 Å². The third kappa shape index (κ3) is 5.58. The van der Waals surface area contributed by atoms with Gasteiger partial charge in [-0.1, -0.05) is 43.5 Å². The first kappa shape index (κ1) is 23.8. The molecule has 2 aromatic rings. The van der Waals surface area contributed by atoms with Gasteiger partial charge in [0.25, 0.3) is 0 Å². The Bertz CT molecular complexity index is 1050. The van der Waals surface area contributed by atoms with Crippen molar-refractivity contribution in [2.45, 2.75) is 75.3 Å². The number of amides is 1. The van der Waals surface area contributed by atoms with Gasteiger partial charge in [0.15, 0.2) is 0 Å². The minimum absolute atomic E-state index is 0.0659. The van der Waals surface area contributed by atoms with Crippen molar-refractivity contribution < 1.29 is 17.9 Å². The molecule has 1 fully saturated rings. The predicted molar refractivity (Wildman–Crippen MR) is 129 cm³/mol. The Kier molecular flexibility index (Phi) is 7.71. The Morgan fingerprint density at radius 1 is 1.00 bits per heavy atom. The van der Waals surface area contributed by atoms with Gasteiger partial charge < -0.3 is 10.1 Å². The van der Waals surface area contributed by atoms with E-state index in [0.717, 1.165) is 56.9 Å². The predicted octanol–water partition coefficient (Wildman–Crippen LogP) is 4.60. The van der Waals surface area contributed by atoms with Gasteiger partial charge in [0, 0.05) is 6.04 Å². The summed E-state index contributed by atoms with van der Waals surface area (Å²) in [6, 6.07) is 14.5. The molecule has 4 rings (SSSR count). The Morgan fingerprint density at radius 3 is 2.45 bits per heavy atom. The Labute approximate surface area is 197 Å². The summed E-state index contributed by atoms with van der Waals surface area (Å²) in [5.74, 6) is 0.395. The van der Waals surface area contributed by atoms with Crippen LogP contribution in [0.1, 0.15) is 69.0 Å². The minimum atomic E-state index is -3.81. The first-order valence-corrected chi connectivity index (χ1v) is 13.5. The molecule has 0 saturated heterocycles. The number of nitrogens with zero attached hydrogens (tertiary/aromatic N) is 1. The van der Waals surface area contributed by atoms with E-state index in [-0.39, 0.29) is 29.4 Å². The van der Waals surface area contributed by atoms with Gasteiger partial charge in [0.2, 0.25) is 15.9 Å². The number of benzene rings is 2. The van der Waals surface area contributed by atoms with E-state index in [0.29, 0.717) is 12.4 Å². The average molecular weight is 471 g/mol. The molecule has 0 aliphatic heterocycles. The van der Waals surface area contributed by atoms with E-state index in [1.807, 2.05) is 19.1 Å². The first-order chi connectivity index (χ1) is 16.0. The van der Waals surface area contributed by atoms with Crippen molar-refractivity contribution in [2.75, 3.05) is 13.2 Å². The molecule has 0 radical (unpaired) electrons. The molecule has 2 aliphatic rings. The lowest BCUT2D eigenvalue weighted by Crippen LogP contribution is -2.47. The molecule has 178 valence electrons. The molecular weight excluding hydrogens is 436 g/mol. The number of aryl methyl sites for hydroxylation is 1. The lowest BCUT2D eigenvalue weighted by molar-refractivity contribution is -0.122. The summed E-state index contributed by atoms with van der Waals surface area (Å²) in [4.78, 5) is 13.4. The van der Waals surface area contributed by atoms with Gasteiger partial charge in [-0.25, -0.2) is 8.42 Å². The Hall–Kier alpha value is -2.38. The maximum Gasteiger partial charge on any atom is 0.243 e. The summed E-state index contributed by atoms with van der Waals surface area (Å²) in [6.07, 6.45) is 7.55. The topological polar surface area (TPSA) is 75.7 Å². The molecule has 0 spiro atoms. The molecule has 0 aromatic heterocycles. The van der Waals surface area contributed by atoms with Crippen LogP contribution in [-0.2, 0) is 21.2 Å². The number of fused-ring (bicyclic) bond motifs is 1. The molecule has 1 amide bonds. The van der Waals surface area contributed by atoms with Crippen LogP contribution in [0.15, 0.2) is 53.4 Å². The largest absolute Gasteiger partial charge is 0.494 e. The van der Waals surface area contributed by atoms with Gasteiger partial charge in [-0.05, 0) is 74.4 Å². The maximum atomic E-state index is 13.6. The lowest BCUT2D eigenvalue weighted by atomic mass is 9.88. The van der Waals surface area contributed by atoms with E-state index in [1.54, 1.807) is 24.3 Å². The fourth-order valence-electron chi connectivity index (χ4n) is 5.07. The number of carbonyl (C=O) groups is 1. The second-order valence-electron chi connectivity index (χ2n) is 8.96. The number of rotatable bonds is 8. The third-order valence-electron chi connectivity index (χ3n) is 6.73. The van der Waals surface area contributed by atoms with Gasteiger partial charge in [-0.3, -0.25) is 4.79 Å². The van der Waals surface area contributed by atoms with Crippen molar-refractivity contribution in [3.63, 3.8) is 0 Å². The number of ether oxygens (including phenoxy) is 1. The number of nitrogens with one attached hydrogen (secondary N) is 1. The van der Waals surface area contributed by atoms with Crippen LogP contribution in [0.25, 0.3) is 0 Å². The highest BCUT2D eigenvalue weighted by atomic mass is 32.2. The molecule has 1 unspecified atom stereocenters. The zero-order valence-corrected chi connectivity index (χ0v) is 20.1. The second kappa shape index (κ2) is 10.7. The van der Waals surface area contributed by atoms with E-state index < -0.39 is 10.0 Å². The molecule has 1 saturated carbocycles. The van der Waals surface area contributed by atoms with Crippen molar-refractivity contribution in [3.8, 4) is 5.75 Å². The summed E-state index contributed by atoms with van der Waals surface area (Å²) in [5.41, 5.74) is 2.41. The molecule has 1 atom stereocenters. The van der Waals surface area contributed by atoms with E-state index in [1.165, 1.54) is 9.87 Å². The number of sulfonamides is 1. The smallest absolute Gasteiger partial charge is 0.243 e. The Balaban J connectivity index is 1.54. The van der Waals surface area contributed by atoms with Crippen LogP contribution in [0.3, 0.4) is 0 Å². The normalized spacial score (nSPS) is 19.2. The SMILES string of the molecule is CCOc1ccc(S(=O)(=O)N(CC(=O)NC2CCCc3ccccc32)C2CCCCC2)cc1. The summed E-state index contributed by atoms with van der Waals surface area (Å²) in [5, 5.41) is 3.13. The summed E-state index contributed by atoms with van der Waals surface area (Å²) < 4.78 is 34.2. The fraction of sp³-hybridized carbons (Fsp3) is 0.500. The van der Waals surface area contributed by atoms with Gasteiger partial charge in [0.1, 0.15) is 5.75 Å². The minimum Gasteiger partial charge on any atom is -0.494 e. The zero-order valence-electron chi connectivity index (χ0n) is 19.3. The van der Waals surface area contributed by atoms with Crippen LogP contribution in [0, 0.1) is 0 Å². The number of hydrogen-bond acceptors (Lipinski definition) is 4. The zero-order chi connectivity index (χ0) is 23.3. The van der Waals surface area contributed by atoms with E-state index in [4.69, 9.17) is 4.74 Å².